The second-order valence-electron chi connectivity index (χ2n) is 4.23. The quantitative estimate of drug-likeness (QED) is 0.862. The highest BCUT2D eigenvalue weighted by Gasteiger charge is 2.05. The van der Waals surface area contributed by atoms with Crippen molar-refractivity contribution in [3.63, 3.8) is 0 Å². The number of benzene rings is 1. The molecule has 0 fully saturated rings. The number of anilines is 1. The third-order valence-corrected chi connectivity index (χ3v) is 2.66. The molecule has 20 heavy (non-hydrogen) atoms. The zero-order valence-electron chi connectivity index (χ0n) is 11.8. The topological polar surface area (TPSA) is 85.8 Å². The van der Waals surface area contributed by atoms with Crippen molar-refractivity contribution in [2.75, 3.05) is 12.3 Å². The molecule has 0 radical (unpaired) electrons. The van der Waals surface area contributed by atoms with Gasteiger partial charge >= 0.3 is 0 Å². The maximum Gasteiger partial charge on any atom is 0.220 e. The molecule has 6 nitrogen and oxygen atoms in total. The SMILES string of the molecule is CCOc1ccc(N=Nc2c(C)nc(N)nc2C)cc1. The van der Waals surface area contributed by atoms with Crippen LogP contribution < -0.4 is 10.5 Å². The van der Waals surface area contributed by atoms with Gasteiger partial charge in [-0.15, -0.1) is 5.11 Å². The van der Waals surface area contributed by atoms with Crippen LogP contribution in [0.5, 0.6) is 5.75 Å². The molecule has 0 unspecified atom stereocenters. The smallest absolute Gasteiger partial charge is 0.220 e. The van der Waals surface area contributed by atoms with E-state index in [-0.39, 0.29) is 5.95 Å². The molecule has 0 bridgehead atoms. The van der Waals surface area contributed by atoms with Gasteiger partial charge in [0.25, 0.3) is 0 Å². The maximum atomic E-state index is 5.57. The predicted molar refractivity (Wildman–Crippen MR) is 77.7 cm³/mol. The minimum atomic E-state index is 0.250. The van der Waals surface area contributed by atoms with E-state index < -0.39 is 0 Å². The molecular formula is C14H17N5O. The van der Waals surface area contributed by atoms with Gasteiger partial charge in [0.05, 0.1) is 23.7 Å². The van der Waals surface area contributed by atoms with Crippen molar-refractivity contribution < 1.29 is 4.74 Å². The molecule has 2 aromatic rings. The standard InChI is InChI=1S/C14H17N5O/c1-4-20-12-7-5-11(6-8-12)18-19-13-9(2)16-14(15)17-10(13)3/h5-8H,4H2,1-3H3,(H2,15,16,17). The number of aromatic nitrogens is 2. The number of nitrogen functional groups attached to an aromatic ring is 1. The zero-order valence-corrected chi connectivity index (χ0v) is 11.8. The Bertz CT molecular complexity index is 599. The number of hydrogen-bond acceptors (Lipinski definition) is 6. The molecule has 1 aromatic heterocycles. The molecule has 1 heterocycles. The Labute approximate surface area is 117 Å². The number of ether oxygens (including phenoxy) is 1. The van der Waals surface area contributed by atoms with Gasteiger partial charge in [0, 0.05) is 0 Å². The summed E-state index contributed by atoms with van der Waals surface area (Å²) in [7, 11) is 0. The highest BCUT2D eigenvalue weighted by Crippen LogP contribution is 2.25. The van der Waals surface area contributed by atoms with Crippen molar-refractivity contribution in [1.82, 2.24) is 9.97 Å². The van der Waals surface area contributed by atoms with E-state index in [1.807, 2.05) is 45.0 Å². The van der Waals surface area contributed by atoms with Crippen molar-refractivity contribution in [3.8, 4) is 5.75 Å². The summed E-state index contributed by atoms with van der Waals surface area (Å²) in [4.78, 5) is 8.16. The van der Waals surface area contributed by atoms with Crippen LogP contribution >= 0.6 is 0 Å². The summed E-state index contributed by atoms with van der Waals surface area (Å²) in [6.07, 6.45) is 0. The van der Waals surface area contributed by atoms with E-state index in [1.54, 1.807) is 0 Å². The molecular weight excluding hydrogens is 254 g/mol. The Morgan fingerprint density at radius 1 is 1.05 bits per heavy atom. The summed E-state index contributed by atoms with van der Waals surface area (Å²) in [5, 5.41) is 8.37. The normalized spacial score (nSPS) is 10.9. The summed E-state index contributed by atoms with van der Waals surface area (Å²) in [6.45, 7) is 6.25. The fraction of sp³-hybridized carbons (Fsp3) is 0.286. The highest BCUT2D eigenvalue weighted by atomic mass is 16.5. The van der Waals surface area contributed by atoms with Crippen LogP contribution in [-0.4, -0.2) is 16.6 Å². The highest BCUT2D eigenvalue weighted by molar-refractivity contribution is 5.48. The Kier molecular flexibility index (Phi) is 4.24. The van der Waals surface area contributed by atoms with Crippen LogP contribution in [0.1, 0.15) is 18.3 Å². The molecule has 0 atom stereocenters. The first-order valence-corrected chi connectivity index (χ1v) is 6.35. The van der Waals surface area contributed by atoms with Gasteiger partial charge in [0.2, 0.25) is 5.95 Å². The van der Waals surface area contributed by atoms with E-state index in [1.165, 1.54) is 0 Å². The first-order valence-electron chi connectivity index (χ1n) is 6.35. The molecule has 0 spiro atoms. The van der Waals surface area contributed by atoms with E-state index in [9.17, 15) is 0 Å². The predicted octanol–water partition coefficient (Wildman–Crippen LogP) is 3.49. The summed E-state index contributed by atoms with van der Waals surface area (Å²) >= 11 is 0. The average Bonchev–Trinajstić information content (AvgIpc) is 2.39. The van der Waals surface area contributed by atoms with E-state index in [0.717, 1.165) is 11.4 Å². The van der Waals surface area contributed by atoms with E-state index >= 15 is 0 Å². The van der Waals surface area contributed by atoms with Crippen molar-refractivity contribution in [3.05, 3.63) is 35.7 Å². The van der Waals surface area contributed by atoms with Gasteiger partial charge in [-0.1, -0.05) is 0 Å². The summed E-state index contributed by atoms with van der Waals surface area (Å²) in [6, 6.07) is 7.41. The molecule has 0 saturated heterocycles. The first kappa shape index (κ1) is 13.9. The number of nitrogens with zero attached hydrogens (tertiary/aromatic N) is 4. The zero-order chi connectivity index (χ0) is 14.5. The summed E-state index contributed by atoms with van der Waals surface area (Å²) in [5.41, 5.74) is 8.38. The van der Waals surface area contributed by atoms with Gasteiger partial charge in [-0.3, -0.25) is 0 Å². The number of azo groups is 1. The van der Waals surface area contributed by atoms with Crippen LogP contribution in [0, 0.1) is 13.8 Å². The van der Waals surface area contributed by atoms with E-state index in [4.69, 9.17) is 10.5 Å². The number of rotatable bonds is 4. The molecule has 104 valence electrons. The summed E-state index contributed by atoms with van der Waals surface area (Å²) < 4.78 is 5.37. The lowest BCUT2D eigenvalue weighted by Gasteiger charge is -2.04. The molecule has 2 N–H and O–H groups in total. The molecule has 0 saturated carbocycles. The lowest BCUT2D eigenvalue weighted by molar-refractivity contribution is 0.340. The monoisotopic (exact) mass is 271 g/mol. The van der Waals surface area contributed by atoms with Gasteiger partial charge in [0.15, 0.2) is 0 Å². The van der Waals surface area contributed by atoms with Crippen LogP contribution in [0.25, 0.3) is 0 Å². The molecule has 0 aliphatic rings. The van der Waals surface area contributed by atoms with Crippen LogP contribution in [0.4, 0.5) is 17.3 Å². The molecule has 0 aliphatic carbocycles. The molecule has 6 heteroatoms. The van der Waals surface area contributed by atoms with Crippen LogP contribution in [0.3, 0.4) is 0 Å². The van der Waals surface area contributed by atoms with Gasteiger partial charge in [0.1, 0.15) is 11.4 Å². The second-order valence-corrected chi connectivity index (χ2v) is 4.23. The van der Waals surface area contributed by atoms with Crippen LogP contribution in [-0.2, 0) is 0 Å². The second kappa shape index (κ2) is 6.10. The molecule has 0 amide bonds. The first-order chi connectivity index (χ1) is 9.60. The number of nitrogens with two attached hydrogens (primary N) is 1. The number of aryl methyl sites for hydroxylation is 2. The van der Waals surface area contributed by atoms with E-state index in [2.05, 4.69) is 20.2 Å². The van der Waals surface area contributed by atoms with Crippen LogP contribution in [0.15, 0.2) is 34.5 Å². The van der Waals surface area contributed by atoms with Gasteiger partial charge < -0.3 is 10.5 Å². The number of hydrogen-bond donors (Lipinski definition) is 1. The molecule has 2 rings (SSSR count). The summed E-state index contributed by atoms with van der Waals surface area (Å²) in [5.74, 6) is 1.06. The minimum absolute atomic E-state index is 0.250. The van der Waals surface area contributed by atoms with Crippen molar-refractivity contribution in [1.29, 1.82) is 0 Å². The van der Waals surface area contributed by atoms with Crippen molar-refractivity contribution in [2.24, 2.45) is 10.2 Å². The Morgan fingerprint density at radius 2 is 1.65 bits per heavy atom. The fourth-order valence-electron chi connectivity index (χ4n) is 1.76. The minimum Gasteiger partial charge on any atom is -0.494 e. The maximum absolute atomic E-state index is 5.57. The lowest BCUT2D eigenvalue weighted by atomic mass is 10.3. The fourth-order valence-corrected chi connectivity index (χ4v) is 1.76. The third kappa shape index (κ3) is 3.28. The largest absolute Gasteiger partial charge is 0.494 e. The van der Waals surface area contributed by atoms with Crippen molar-refractivity contribution in [2.45, 2.75) is 20.8 Å². The lowest BCUT2D eigenvalue weighted by Crippen LogP contribution is -1.98. The molecule has 0 aliphatic heterocycles. The van der Waals surface area contributed by atoms with Crippen LogP contribution in [0.2, 0.25) is 0 Å². The molecule has 1 aromatic carbocycles. The third-order valence-electron chi connectivity index (χ3n) is 2.66. The Hall–Kier alpha value is -2.50. The van der Waals surface area contributed by atoms with Gasteiger partial charge in [-0.05, 0) is 45.0 Å². The van der Waals surface area contributed by atoms with E-state index in [0.29, 0.717) is 23.7 Å². The van der Waals surface area contributed by atoms with Crippen molar-refractivity contribution >= 4 is 17.3 Å². The average molecular weight is 271 g/mol. The van der Waals surface area contributed by atoms with Gasteiger partial charge in [-0.25, -0.2) is 9.97 Å². The Balaban J connectivity index is 2.21. The van der Waals surface area contributed by atoms with Gasteiger partial charge in [-0.2, -0.15) is 5.11 Å². The Morgan fingerprint density at radius 3 is 2.20 bits per heavy atom.